The third-order valence-corrected chi connectivity index (χ3v) is 14.1. The van der Waals surface area contributed by atoms with Gasteiger partial charge in [-0.1, -0.05) is 27.7 Å². The fourth-order valence-corrected chi connectivity index (χ4v) is 11.7. The van der Waals surface area contributed by atoms with Gasteiger partial charge in [-0.2, -0.15) is 0 Å². The van der Waals surface area contributed by atoms with E-state index >= 15 is 0 Å². The highest BCUT2D eigenvalue weighted by Gasteiger charge is 2.69. The summed E-state index contributed by atoms with van der Waals surface area (Å²) in [5.74, 6) is 4.08. The molecule has 0 amide bonds. The molecule has 4 aliphatic carbocycles. The number of rotatable bonds is 3. The summed E-state index contributed by atoms with van der Waals surface area (Å²) in [7, 11) is 0. The lowest BCUT2D eigenvalue weighted by atomic mass is 9.44. The van der Waals surface area contributed by atoms with Gasteiger partial charge in [-0.05, 0) is 104 Å². The molecule has 3 unspecified atom stereocenters. The van der Waals surface area contributed by atoms with Gasteiger partial charge < -0.3 is 39.4 Å². The number of aliphatic hydroxyl groups excluding tert-OH is 4. The summed E-state index contributed by atoms with van der Waals surface area (Å²) in [5, 5.41) is 40.4. The van der Waals surface area contributed by atoms with Crippen LogP contribution in [0.2, 0.25) is 0 Å². The van der Waals surface area contributed by atoms with Gasteiger partial charge in [0, 0.05) is 12.3 Å². The van der Waals surface area contributed by atoms with Gasteiger partial charge in [-0.25, -0.2) is 0 Å². The van der Waals surface area contributed by atoms with Crippen molar-refractivity contribution < 1.29 is 39.4 Å². The van der Waals surface area contributed by atoms with Crippen LogP contribution >= 0.6 is 0 Å². The molecular formula is C33H54O8. The van der Waals surface area contributed by atoms with Crippen molar-refractivity contribution in [3.8, 4) is 0 Å². The number of fused-ring (bicyclic) bond motifs is 7. The first-order chi connectivity index (χ1) is 19.5. The maximum atomic E-state index is 10.5. The Labute approximate surface area is 245 Å². The Morgan fingerprint density at radius 3 is 2.34 bits per heavy atom. The normalized spacial score (nSPS) is 60.3. The standard InChI is InChI=1S/C33H54O8/c1-17-7-12-33(38-16-17)18(2)26-24(41-33)14-23-21-6-5-19-13-20(8-10-31(19,3)22(21)9-11-32(23,26)4)39-30-29(37)28(36)27(35)25(15-34)40-30/h17-30,34-37H,5-16H2,1-4H3/t17-,18-,19+,20-,21+,22-,23-,24-,25?,26-,27+,28?,29?,30+,31-,32-,33+/m0/s1. The van der Waals surface area contributed by atoms with E-state index in [1.54, 1.807) is 0 Å². The number of aliphatic hydroxyl groups is 4. The number of hydrogen-bond donors (Lipinski definition) is 4. The maximum Gasteiger partial charge on any atom is 0.186 e. The summed E-state index contributed by atoms with van der Waals surface area (Å²) in [5.41, 5.74) is 0.612. The highest BCUT2D eigenvalue weighted by atomic mass is 16.7. The van der Waals surface area contributed by atoms with E-state index in [2.05, 4.69) is 27.7 Å². The van der Waals surface area contributed by atoms with Gasteiger partial charge in [0.1, 0.15) is 24.4 Å². The van der Waals surface area contributed by atoms with Gasteiger partial charge in [-0.3, -0.25) is 0 Å². The molecule has 0 aromatic rings. The van der Waals surface area contributed by atoms with Crippen molar-refractivity contribution in [1.29, 1.82) is 0 Å². The van der Waals surface area contributed by atoms with E-state index < -0.39 is 37.3 Å². The van der Waals surface area contributed by atoms with Crippen molar-refractivity contribution in [1.82, 2.24) is 0 Å². The molecule has 234 valence electrons. The molecule has 4 saturated carbocycles. The maximum absolute atomic E-state index is 10.5. The molecule has 0 bridgehead atoms. The Morgan fingerprint density at radius 1 is 0.829 bits per heavy atom. The number of ether oxygens (including phenoxy) is 4. The Bertz CT molecular complexity index is 967. The Balaban J connectivity index is 1.03. The van der Waals surface area contributed by atoms with Crippen LogP contribution in [0, 0.1) is 52.3 Å². The molecule has 7 aliphatic rings. The zero-order valence-electron chi connectivity index (χ0n) is 25.5. The van der Waals surface area contributed by atoms with E-state index in [0.717, 1.165) is 50.0 Å². The summed E-state index contributed by atoms with van der Waals surface area (Å²) in [6.07, 6.45) is 5.64. The first-order valence-electron chi connectivity index (χ1n) is 16.8. The lowest BCUT2D eigenvalue weighted by molar-refractivity contribution is -0.316. The Hall–Kier alpha value is -0.320. The van der Waals surface area contributed by atoms with Gasteiger partial charge in [-0.15, -0.1) is 0 Å². The van der Waals surface area contributed by atoms with Crippen molar-refractivity contribution in [2.45, 2.75) is 141 Å². The summed E-state index contributed by atoms with van der Waals surface area (Å²) in [6, 6.07) is 0. The predicted molar refractivity (Wildman–Crippen MR) is 150 cm³/mol. The average Bonchev–Trinajstić information content (AvgIpc) is 3.40. The van der Waals surface area contributed by atoms with Crippen LogP contribution < -0.4 is 0 Å². The van der Waals surface area contributed by atoms with Crippen LogP contribution in [0.25, 0.3) is 0 Å². The Morgan fingerprint density at radius 2 is 1.61 bits per heavy atom. The second-order valence-corrected chi connectivity index (χ2v) is 15.9. The SMILES string of the molecule is C[C@H]1CC[C@@]2(OC1)O[C@H]1C[C@H]3[C@@H]4CC[C@@H]5C[C@@H](O[C@@H]6OC(CO)[C@@H](O)C(O)C6O)CC[C@]5(C)[C@H]4CC[C@]3(C)[C@H]1[C@@H]2C. The van der Waals surface area contributed by atoms with Crippen LogP contribution in [0.15, 0.2) is 0 Å². The molecule has 0 aromatic heterocycles. The zero-order valence-corrected chi connectivity index (χ0v) is 25.5. The van der Waals surface area contributed by atoms with E-state index in [-0.39, 0.29) is 17.3 Å². The minimum Gasteiger partial charge on any atom is -0.394 e. The second-order valence-electron chi connectivity index (χ2n) is 15.9. The van der Waals surface area contributed by atoms with E-state index in [1.165, 1.54) is 38.5 Å². The van der Waals surface area contributed by atoms with Crippen molar-refractivity contribution >= 4 is 0 Å². The van der Waals surface area contributed by atoms with Crippen LogP contribution in [0.3, 0.4) is 0 Å². The van der Waals surface area contributed by atoms with E-state index in [4.69, 9.17) is 18.9 Å². The molecule has 41 heavy (non-hydrogen) atoms. The van der Waals surface area contributed by atoms with Gasteiger partial charge in [0.25, 0.3) is 0 Å². The minimum absolute atomic E-state index is 0.0607. The van der Waals surface area contributed by atoms with Crippen molar-refractivity contribution in [2.75, 3.05) is 13.2 Å². The third-order valence-electron chi connectivity index (χ3n) is 14.1. The first kappa shape index (κ1) is 29.4. The van der Waals surface area contributed by atoms with E-state index in [0.29, 0.717) is 35.2 Å². The van der Waals surface area contributed by atoms with Crippen molar-refractivity contribution in [3.63, 3.8) is 0 Å². The van der Waals surface area contributed by atoms with Crippen LogP contribution in [0.5, 0.6) is 0 Å². The van der Waals surface area contributed by atoms with Crippen LogP contribution in [0.1, 0.15) is 91.9 Å². The monoisotopic (exact) mass is 578 g/mol. The minimum atomic E-state index is -1.40. The lowest BCUT2D eigenvalue weighted by Crippen LogP contribution is -2.60. The van der Waals surface area contributed by atoms with E-state index in [1.807, 2.05) is 0 Å². The van der Waals surface area contributed by atoms with Crippen molar-refractivity contribution in [2.24, 2.45) is 52.3 Å². The molecule has 8 heteroatoms. The molecule has 17 atom stereocenters. The van der Waals surface area contributed by atoms with Crippen LogP contribution in [0.4, 0.5) is 0 Å². The molecule has 0 aromatic carbocycles. The smallest absolute Gasteiger partial charge is 0.186 e. The van der Waals surface area contributed by atoms with Gasteiger partial charge in [0.15, 0.2) is 12.1 Å². The van der Waals surface area contributed by atoms with Crippen molar-refractivity contribution in [3.05, 3.63) is 0 Å². The zero-order chi connectivity index (χ0) is 28.9. The molecule has 4 N–H and O–H groups in total. The Kier molecular flexibility index (Phi) is 7.43. The van der Waals surface area contributed by atoms with Crippen LogP contribution in [-0.2, 0) is 18.9 Å². The first-order valence-corrected chi connectivity index (χ1v) is 16.8. The molecule has 3 saturated heterocycles. The number of hydrogen-bond acceptors (Lipinski definition) is 8. The summed E-state index contributed by atoms with van der Waals surface area (Å²) in [6.45, 7) is 10.3. The molecule has 7 rings (SSSR count). The topological polar surface area (TPSA) is 118 Å². The molecule has 7 fully saturated rings. The molecule has 3 heterocycles. The highest BCUT2D eigenvalue weighted by molar-refractivity contribution is 5.15. The van der Waals surface area contributed by atoms with E-state index in [9.17, 15) is 20.4 Å². The van der Waals surface area contributed by atoms with Crippen LogP contribution in [-0.4, -0.2) is 82.3 Å². The summed E-state index contributed by atoms with van der Waals surface area (Å²) >= 11 is 0. The molecule has 3 aliphatic heterocycles. The molecule has 8 nitrogen and oxygen atoms in total. The quantitative estimate of drug-likeness (QED) is 0.375. The fraction of sp³-hybridized carbons (Fsp3) is 1.00. The molecule has 1 spiro atoms. The fourth-order valence-electron chi connectivity index (χ4n) is 11.7. The average molecular weight is 579 g/mol. The lowest BCUT2D eigenvalue weighted by Gasteiger charge is -2.61. The van der Waals surface area contributed by atoms with Gasteiger partial charge >= 0.3 is 0 Å². The summed E-state index contributed by atoms with van der Waals surface area (Å²) in [4.78, 5) is 0. The molecule has 0 radical (unpaired) electrons. The van der Waals surface area contributed by atoms with Gasteiger partial charge in [0.2, 0.25) is 0 Å². The predicted octanol–water partition coefficient (Wildman–Crippen LogP) is 3.62. The second kappa shape index (κ2) is 10.4. The highest BCUT2D eigenvalue weighted by Crippen LogP contribution is 2.71. The molecular weight excluding hydrogens is 524 g/mol. The third kappa shape index (κ3) is 4.36. The van der Waals surface area contributed by atoms with Gasteiger partial charge in [0.05, 0.1) is 25.4 Å². The largest absolute Gasteiger partial charge is 0.394 e. The summed E-state index contributed by atoms with van der Waals surface area (Å²) < 4.78 is 25.4.